The van der Waals surface area contributed by atoms with Crippen LogP contribution in [-0.4, -0.2) is 25.8 Å². The average Bonchev–Trinajstić information content (AvgIpc) is 2.76. The van der Waals surface area contributed by atoms with Gasteiger partial charge in [-0.3, -0.25) is 4.79 Å². The Morgan fingerprint density at radius 1 is 1.47 bits per heavy atom. The molecule has 0 aliphatic heterocycles. The van der Waals surface area contributed by atoms with E-state index in [1.54, 1.807) is 4.68 Å². The van der Waals surface area contributed by atoms with Crippen LogP contribution in [0.4, 0.5) is 0 Å². The van der Waals surface area contributed by atoms with Crippen LogP contribution >= 0.6 is 11.3 Å². The van der Waals surface area contributed by atoms with Gasteiger partial charge in [0.25, 0.3) is 0 Å². The number of carboxylic acid groups (broad SMARTS) is 1. The van der Waals surface area contributed by atoms with Crippen molar-refractivity contribution in [1.29, 1.82) is 0 Å². The van der Waals surface area contributed by atoms with E-state index in [0.717, 1.165) is 27.8 Å². The average molecular weight is 251 g/mol. The van der Waals surface area contributed by atoms with Gasteiger partial charge in [0, 0.05) is 16.6 Å². The van der Waals surface area contributed by atoms with Gasteiger partial charge in [-0.1, -0.05) is 0 Å². The minimum Gasteiger partial charge on any atom is -0.481 e. The van der Waals surface area contributed by atoms with Crippen LogP contribution in [0.5, 0.6) is 0 Å². The predicted octanol–water partition coefficient (Wildman–Crippen LogP) is 1.88. The van der Waals surface area contributed by atoms with Crippen LogP contribution in [0.15, 0.2) is 5.38 Å². The molecule has 0 radical (unpaired) electrons. The molecule has 0 aliphatic rings. The van der Waals surface area contributed by atoms with E-state index in [-0.39, 0.29) is 6.42 Å². The highest BCUT2D eigenvalue weighted by molar-refractivity contribution is 7.12. The molecule has 0 aliphatic carbocycles. The number of hydrogen-bond acceptors (Lipinski definition) is 4. The molecule has 1 N–H and O–H groups in total. The van der Waals surface area contributed by atoms with Crippen LogP contribution in [0.2, 0.25) is 0 Å². The van der Waals surface area contributed by atoms with Crippen molar-refractivity contribution in [1.82, 2.24) is 14.8 Å². The zero-order chi connectivity index (χ0) is 12.6. The van der Waals surface area contributed by atoms with Crippen molar-refractivity contribution >= 4 is 17.3 Å². The monoisotopic (exact) mass is 251 g/mol. The minimum absolute atomic E-state index is 0.00201. The van der Waals surface area contributed by atoms with E-state index in [1.165, 1.54) is 11.3 Å². The number of rotatable bonds is 3. The molecule has 2 aromatic heterocycles. The molecule has 2 heterocycles. The molecule has 2 rings (SSSR count). The van der Waals surface area contributed by atoms with Gasteiger partial charge >= 0.3 is 5.97 Å². The highest BCUT2D eigenvalue weighted by atomic mass is 32.1. The van der Waals surface area contributed by atoms with Crippen molar-refractivity contribution in [2.24, 2.45) is 0 Å². The Hall–Kier alpha value is -1.69. The van der Waals surface area contributed by atoms with Crippen molar-refractivity contribution in [3.8, 4) is 5.13 Å². The summed E-state index contributed by atoms with van der Waals surface area (Å²) in [6.07, 6.45) is 0.00201. The van der Waals surface area contributed by atoms with Crippen LogP contribution in [0.25, 0.3) is 5.13 Å². The number of carbonyl (C=O) groups is 1. The van der Waals surface area contributed by atoms with Gasteiger partial charge < -0.3 is 5.11 Å². The second kappa shape index (κ2) is 4.29. The minimum atomic E-state index is -0.842. The number of aryl methyl sites for hydroxylation is 2. The summed E-state index contributed by atoms with van der Waals surface area (Å²) >= 11 is 1.50. The van der Waals surface area contributed by atoms with Gasteiger partial charge in [-0.15, -0.1) is 11.3 Å². The van der Waals surface area contributed by atoms with Gasteiger partial charge in [0.1, 0.15) is 0 Å². The molecule has 0 aromatic carbocycles. The molecular weight excluding hydrogens is 238 g/mol. The van der Waals surface area contributed by atoms with E-state index < -0.39 is 5.97 Å². The fraction of sp³-hybridized carbons (Fsp3) is 0.364. The highest BCUT2D eigenvalue weighted by Gasteiger charge is 2.16. The lowest BCUT2D eigenvalue weighted by Gasteiger charge is -1.99. The molecule has 0 atom stereocenters. The number of aromatic nitrogens is 3. The van der Waals surface area contributed by atoms with Gasteiger partial charge in [-0.2, -0.15) is 5.10 Å². The molecule has 0 spiro atoms. The first-order chi connectivity index (χ1) is 7.99. The third kappa shape index (κ3) is 2.21. The standard InChI is InChI=1S/C11H13N3O2S/c1-6-5-17-11(12-6)14-8(3)9(4-10(15)16)7(2)13-14/h5H,4H2,1-3H3,(H,15,16). The highest BCUT2D eigenvalue weighted by Crippen LogP contribution is 2.20. The molecular formula is C11H13N3O2S. The molecule has 0 unspecified atom stereocenters. The topological polar surface area (TPSA) is 68.0 Å². The Morgan fingerprint density at radius 3 is 2.71 bits per heavy atom. The summed E-state index contributed by atoms with van der Waals surface area (Å²) in [6.45, 7) is 5.61. The number of aliphatic carboxylic acids is 1. The molecule has 2 aromatic rings. The van der Waals surface area contributed by atoms with Crippen molar-refractivity contribution in [3.05, 3.63) is 28.0 Å². The second-order valence-corrected chi connectivity index (χ2v) is 4.74. The Kier molecular flexibility index (Phi) is 2.97. The maximum atomic E-state index is 10.8. The molecule has 5 nitrogen and oxygen atoms in total. The first-order valence-corrected chi connectivity index (χ1v) is 6.06. The Bertz CT molecular complexity index is 571. The Balaban J connectivity index is 2.47. The summed E-state index contributed by atoms with van der Waals surface area (Å²) in [5.74, 6) is -0.842. The van der Waals surface area contributed by atoms with Gasteiger partial charge in [0.2, 0.25) is 5.13 Å². The molecule has 0 saturated heterocycles. The molecule has 0 amide bonds. The van der Waals surface area contributed by atoms with Gasteiger partial charge in [-0.05, 0) is 20.8 Å². The number of carboxylic acids is 1. The van der Waals surface area contributed by atoms with E-state index in [4.69, 9.17) is 5.11 Å². The molecule has 0 bridgehead atoms. The smallest absolute Gasteiger partial charge is 0.307 e. The summed E-state index contributed by atoms with van der Waals surface area (Å²) in [6, 6.07) is 0. The summed E-state index contributed by atoms with van der Waals surface area (Å²) in [5.41, 5.74) is 3.31. The molecule has 6 heteroatoms. The third-order valence-corrected chi connectivity index (χ3v) is 3.49. The lowest BCUT2D eigenvalue weighted by Crippen LogP contribution is -2.03. The first-order valence-electron chi connectivity index (χ1n) is 5.18. The molecule has 0 fully saturated rings. The normalized spacial score (nSPS) is 10.8. The van der Waals surface area contributed by atoms with Crippen LogP contribution < -0.4 is 0 Å². The molecule has 90 valence electrons. The predicted molar refractivity (Wildman–Crippen MR) is 64.8 cm³/mol. The summed E-state index contributed by atoms with van der Waals surface area (Å²) in [7, 11) is 0. The van der Waals surface area contributed by atoms with Crippen molar-refractivity contribution in [2.45, 2.75) is 27.2 Å². The maximum absolute atomic E-state index is 10.8. The zero-order valence-corrected chi connectivity index (χ0v) is 10.7. The van der Waals surface area contributed by atoms with E-state index in [9.17, 15) is 4.79 Å². The summed E-state index contributed by atoms with van der Waals surface area (Å²) < 4.78 is 1.71. The SMILES string of the molecule is Cc1csc(-n2nc(C)c(CC(=O)O)c2C)n1. The Morgan fingerprint density at radius 2 is 2.18 bits per heavy atom. The largest absolute Gasteiger partial charge is 0.481 e. The number of thiazole rings is 1. The second-order valence-electron chi connectivity index (χ2n) is 3.90. The van der Waals surface area contributed by atoms with Crippen molar-refractivity contribution in [3.63, 3.8) is 0 Å². The fourth-order valence-electron chi connectivity index (χ4n) is 1.71. The van der Waals surface area contributed by atoms with Crippen LogP contribution in [0.1, 0.15) is 22.6 Å². The quantitative estimate of drug-likeness (QED) is 0.904. The maximum Gasteiger partial charge on any atom is 0.307 e. The number of nitrogens with zero attached hydrogens (tertiary/aromatic N) is 3. The third-order valence-electron chi connectivity index (χ3n) is 2.56. The van der Waals surface area contributed by atoms with E-state index in [0.29, 0.717) is 0 Å². The number of hydrogen-bond donors (Lipinski definition) is 1. The van der Waals surface area contributed by atoms with Crippen LogP contribution in [0, 0.1) is 20.8 Å². The Labute approximate surface area is 103 Å². The van der Waals surface area contributed by atoms with Gasteiger partial charge in [0.05, 0.1) is 17.8 Å². The molecule has 0 saturated carbocycles. The van der Waals surface area contributed by atoms with Crippen LogP contribution in [0.3, 0.4) is 0 Å². The lowest BCUT2D eigenvalue weighted by molar-refractivity contribution is -0.136. The first kappa shape index (κ1) is 11.8. The lowest BCUT2D eigenvalue weighted by atomic mass is 10.1. The van der Waals surface area contributed by atoms with E-state index in [1.807, 2.05) is 26.2 Å². The van der Waals surface area contributed by atoms with Gasteiger partial charge in [0.15, 0.2) is 0 Å². The fourth-order valence-corrected chi connectivity index (χ4v) is 2.51. The molecule has 17 heavy (non-hydrogen) atoms. The van der Waals surface area contributed by atoms with Crippen LogP contribution in [-0.2, 0) is 11.2 Å². The zero-order valence-electron chi connectivity index (χ0n) is 9.89. The van der Waals surface area contributed by atoms with E-state index >= 15 is 0 Å². The van der Waals surface area contributed by atoms with E-state index in [2.05, 4.69) is 10.1 Å². The summed E-state index contributed by atoms with van der Waals surface area (Å²) in [4.78, 5) is 15.1. The van der Waals surface area contributed by atoms with Crippen molar-refractivity contribution < 1.29 is 9.90 Å². The van der Waals surface area contributed by atoms with Gasteiger partial charge in [-0.25, -0.2) is 9.67 Å². The summed E-state index contributed by atoms with van der Waals surface area (Å²) in [5, 5.41) is 15.9. The van der Waals surface area contributed by atoms with Crippen molar-refractivity contribution in [2.75, 3.05) is 0 Å².